The van der Waals surface area contributed by atoms with Crippen molar-refractivity contribution in [3.05, 3.63) is 35.4 Å². The smallest absolute Gasteiger partial charge is 0.323 e. The van der Waals surface area contributed by atoms with Gasteiger partial charge >= 0.3 is 5.97 Å². The Morgan fingerprint density at radius 3 is 2.60 bits per heavy atom. The van der Waals surface area contributed by atoms with Gasteiger partial charge in [0.15, 0.2) is 11.6 Å². The summed E-state index contributed by atoms with van der Waals surface area (Å²) in [6.07, 6.45) is 0.542. The number of carboxylic acid groups (broad SMARTS) is 1. The number of hydrogen-bond donors (Lipinski definition) is 1. The fourth-order valence-electron chi connectivity index (χ4n) is 2.32. The summed E-state index contributed by atoms with van der Waals surface area (Å²) in [5.41, 5.74) is 0.577. The number of nitrogens with zero attached hydrogens (tertiary/aromatic N) is 1. The second kappa shape index (κ2) is 5.56. The Kier molecular flexibility index (Phi) is 4.01. The molecular weight excluding hydrogens is 268 g/mol. The van der Waals surface area contributed by atoms with Crippen LogP contribution in [0.5, 0.6) is 0 Å². The van der Waals surface area contributed by atoms with Gasteiger partial charge in [-0.05, 0) is 37.0 Å². The van der Waals surface area contributed by atoms with Crippen LogP contribution in [0, 0.1) is 17.6 Å². The van der Waals surface area contributed by atoms with E-state index in [1.54, 1.807) is 6.92 Å². The molecule has 2 atom stereocenters. The predicted molar refractivity (Wildman–Crippen MR) is 67.1 cm³/mol. The molecule has 0 spiro atoms. The van der Waals surface area contributed by atoms with Gasteiger partial charge in [-0.15, -0.1) is 0 Å². The van der Waals surface area contributed by atoms with E-state index in [0.717, 1.165) is 12.1 Å². The Morgan fingerprint density at radius 1 is 1.35 bits per heavy atom. The van der Waals surface area contributed by atoms with Crippen molar-refractivity contribution in [1.29, 1.82) is 0 Å². The third-order valence-corrected chi connectivity index (χ3v) is 3.50. The Balaban J connectivity index is 2.04. The zero-order chi connectivity index (χ0) is 14.9. The van der Waals surface area contributed by atoms with Gasteiger partial charge in [0.05, 0.1) is 0 Å². The van der Waals surface area contributed by atoms with Crippen molar-refractivity contribution in [2.75, 3.05) is 13.1 Å². The summed E-state index contributed by atoms with van der Waals surface area (Å²) >= 11 is 0. The van der Waals surface area contributed by atoms with Crippen LogP contribution >= 0.6 is 0 Å². The van der Waals surface area contributed by atoms with Crippen LogP contribution in [0.1, 0.15) is 24.8 Å². The van der Waals surface area contributed by atoms with E-state index in [1.807, 2.05) is 0 Å². The Morgan fingerprint density at radius 2 is 2.05 bits per heavy atom. The highest BCUT2D eigenvalue weighted by molar-refractivity contribution is 5.86. The van der Waals surface area contributed by atoms with E-state index < -0.39 is 17.6 Å². The standard InChI is InChI=1S/C14H15F2NO3/c1-2-17(7-13(18)19)14(20)10-6-9(10)8-3-4-11(15)12(16)5-8/h3-5,9-10H,2,6-7H2,1H3,(H,18,19)/t9-,10+/m1/s1. The number of amides is 1. The molecule has 0 heterocycles. The summed E-state index contributed by atoms with van der Waals surface area (Å²) < 4.78 is 26.0. The molecule has 0 unspecified atom stereocenters. The average molecular weight is 283 g/mol. The first-order valence-electron chi connectivity index (χ1n) is 6.39. The largest absolute Gasteiger partial charge is 0.480 e. The third kappa shape index (κ3) is 2.95. The van der Waals surface area contributed by atoms with Crippen molar-refractivity contribution in [2.24, 2.45) is 5.92 Å². The minimum atomic E-state index is -1.06. The lowest BCUT2D eigenvalue weighted by atomic mass is 10.1. The predicted octanol–water partition coefficient (Wildman–Crippen LogP) is 2.00. The first-order valence-corrected chi connectivity index (χ1v) is 6.39. The van der Waals surface area contributed by atoms with Crippen LogP contribution in [0.25, 0.3) is 0 Å². The third-order valence-electron chi connectivity index (χ3n) is 3.50. The lowest BCUT2D eigenvalue weighted by molar-refractivity contribution is -0.144. The van der Waals surface area contributed by atoms with Crippen molar-refractivity contribution in [3.63, 3.8) is 0 Å². The summed E-state index contributed by atoms with van der Waals surface area (Å²) in [6.45, 7) is 1.68. The van der Waals surface area contributed by atoms with Crippen LogP contribution in [0.2, 0.25) is 0 Å². The van der Waals surface area contributed by atoms with Crippen LogP contribution in [0.3, 0.4) is 0 Å². The molecule has 1 saturated carbocycles. The maximum atomic E-state index is 13.1. The molecule has 1 fully saturated rings. The first-order chi connectivity index (χ1) is 9.43. The Hall–Kier alpha value is -1.98. The van der Waals surface area contributed by atoms with E-state index in [2.05, 4.69) is 0 Å². The molecule has 1 aromatic carbocycles. The zero-order valence-corrected chi connectivity index (χ0v) is 11.0. The van der Waals surface area contributed by atoms with Crippen LogP contribution < -0.4 is 0 Å². The average Bonchev–Trinajstić information content (AvgIpc) is 3.18. The summed E-state index contributed by atoms with van der Waals surface area (Å²) in [5.74, 6) is -3.65. The topological polar surface area (TPSA) is 57.6 Å². The number of carboxylic acids is 1. The van der Waals surface area contributed by atoms with E-state index >= 15 is 0 Å². The fraction of sp³-hybridized carbons (Fsp3) is 0.429. The Bertz CT molecular complexity index is 547. The van der Waals surface area contributed by atoms with E-state index in [1.165, 1.54) is 11.0 Å². The number of benzene rings is 1. The molecule has 20 heavy (non-hydrogen) atoms. The van der Waals surface area contributed by atoms with E-state index in [9.17, 15) is 18.4 Å². The molecule has 0 aromatic heterocycles. The molecule has 1 aromatic rings. The summed E-state index contributed by atoms with van der Waals surface area (Å²) in [7, 11) is 0. The molecule has 1 N–H and O–H groups in total. The van der Waals surface area contributed by atoms with Crippen LogP contribution in [0.4, 0.5) is 8.78 Å². The van der Waals surface area contributed by atoms with Crippen molar-refractivity contribution < 1.29 is 23.5 Å². The summed E-state index contributed by atoms with van der Waals surface area (Å²) in [6, 6.07) is 3.60. The molecular formula is C14H15F2NO3. The molecule has 108 valence electrons. The van der Waals surface area contributed by atoms with Gasteiger partial charge in [0, 0.05) is 12.5 Å². The molecule has 1 aliphatic rings. The SMILES string of the molecule is CCN(CC(=O)O)C(=O)[C@H]1C[C@@H]1c1ccc(F)c(F)c1. The van der Waals surface area contributed by atoms with Gasteiger partial charge in [0.25, 0.3) is 0 Å². The van der Waals surface area contributed by atoms with Gasteiger partial charge in [0.2, 0.25) is 5.91 Å². The highest BCUT2D eigenvalue weighted by Crippen LogP contribution is 2.48. The van der Waals surface area contributed by atoms with Crippen molar-refractivity contribution >= 4 is 11.9 Å². The second-order valence-corrected chi connectivity index (χ2v) is 4.87. The number of carbonyl (C=O) groups excluding carboxylic acids is 1. The number of carbonyl (C=O) groups is 2. The van der Waals surface area contributed by atoms with Gasteiger partial charge in [-0.3, -0.25) is 9.59 Å². The molecule has 0 aliphatic heterocycles. The van der Waals surface area contributed by atoms with Crippen LogP contribution in [0.15, 0.2) is 18.2 Å². The van der Waals surface area contributed by atoms with Gasteiger partial charge in [-0.2, -0.15) is 0 Å². The number of aliphatic carboxylic acids is 1. The van der Waals surface area contributed by atoms with E-state index in [4.69, 9.17) is 5.11 Å². The Labute approximate surface area is 115 Å². The zero-order valence-electron chi connectivity index (χ0n) is 11.0. The minimum absolute atomic E-state index is 0.152. The van der Waals surface area contributed by atoms with Gasteiger partial charge < -0.3 is 10.0 Å². The van der Waals surface area contributed by atoms with Gasteiger partial charge in [0.1, 0.15) is 6.54 Å². The van der Waals surface area contributed by atoms with Crippen LogP contribution in [-0.2, 0) is 9.59 Å². The molecule has 0 bridgehead atoms. The number of halogens is 2. The van der Waals surface area contributed by atoms with Crippen molar-refractivity contribution in [2.45, 2.75) is 19.3 Å². The van der Waals surface area contributed by atoms with Crippen molar-refractivity contribution in [1.82, 2.24) is 4.90 Å². The molecule has 4 nitrogen and oxygen atoms in total. The maximum absolute atomic E-state index is 13.1. The highest BCUT2D eigenvalue weighted by atomic mass is 19.2. The second-order valence-electron chi connectivity index (χ2n) is 4.87. The molecule has 1 aliphatic carbocycles. The molecule has 0 saturated heterocycles. The van der Waals surface area contributed by atoms with Gasteiger partial charge in [-0.25, -0.2) is 8.78 Å². The van der Waals surface area contributed by atoms with Crippen molar-refractivity contribution in [3.8, 4) is 0 Å². The quantitative estimate of drug-likeness (QED) is 0.899. The molecule has 6 heteroatoms. The van der Waals surface area contributed by atoms with Crippen LogP contribution in [-0.4, -0.2) is 35.0 Å². The maximum Gasteiger partial charge on any atom is 0.323 e. The lowest BCUT2D eigenvalue weighted by Crippen LogP contribution is -2.36. The number of hydrogen-bond acceptors (Lipinski definition) is 2. The lowest BCUT2D eigenvalue weighted by Gasteiger charge is -2.18. The highest BCUT2D eigenvalue weighted by Gasteiger charge is 2.45. The molecule has 2 rings (SSSR count). The number of likely N-dealkylation sites (N-methyl/N-ethyl adjacent to an activating group) is 1. The summed E-state index contributed by atoms with van der Waals surface area (Å²) in [4.78, 5) is 24.0. The monoisotopic (exact) mass is 283 g/mol. The van der Waals surface area contributed by atoms with Gasteiger partial charge in [-0.1, -0.05) is 6.07 Å². The minimum Gasteiger partial charge on any atom is -0.480 e. The fourth-order valence-corrected chi connectivity index (χ4v) is 2.32. The first kappa shape index (κ1) is 14.4. The summed E-state index contributed by atoms with van der Waals surface area (Å²) in [5, 5.41) is 8.73. The number of rotatable bonds is 5. The normalized spacial score (nSPS) is 20.6. The molecule has 0 radical (unpaired) electrons. The molecule has 1 amide bonds. The van der Waals surface area contributed by atoms with E-state index in [-0.39, 0.29) is 24.3 Å². The van der Waals surface area contributed by atoms with E-state index in [0.29, 0.717) is 18.5 Å².